The Labute approximate surface area is 95.9 Å². The fraction of sp³-hybridized carbons (Fsp3) is 0.462. The second kappa shape index (κ2) is 4.64. The van der Waals surface area contributed by atoms with Crippen LogP contribution in [0.1, 0.15) is 31.9 Å². The minimum Gasteiger partial charge on any atom is -0.352 e. The van der Waals surface area contributed by atoms with Crippen LogP contribution >= 0.6 is 0 Å². The lowest BCUT2D eigenvalue weighted by Gasteiger charge is -2.17. The molecule has 1 aromatic rings. The Kier molecular flexibility index (Phi) is 3.68. The maximum Gasteiger partial charge on any atom is 0.225 e. The van der Waals surface area contributed by atoms with Gasteiger partial charge < -0.3 is 5.32 Å². The Bertz CT molecular complexity index is 393. The fourth-order valence-electron chi connectivity index (χ4n) is 1.26. The predicted molar refractivity (Wildman–Crippen MR) is 62.4 cm³/mol. The van der Waals surface area contributed by atoms with E-state index < -0.39 is 5.41 Å². The van der Waals surface area contributed by atoms with Gasteiger partial charge in [-0.2, -0.15) is 0 Å². The van der Waals surface area contributed by atoms with Gasteiger partial charge in [0.2, 0.25) is 5.91 Å². The summed E-state index contributed by atoms with van der Waals surface area (Å²) in [4.78, 5) is 11.6. The van der Waals surface area contributed by atoms with Gasteiger partial charge in [0.05, 0.1) is 0 Å². The summed E-state index contributed by atoms with van der Waals surface area (Å²) in [6.45, 7) is 7.73. The van der Waals surface area contributed by atoms with Gasteiger partial charge in [0.25, 0.3) is 0 Å². The van der Waals surface area contributed by atoms with Crippen LogP contribution in [-0.4, -0.2) is 5.91 Å². The van der Waals surface area contributed by atoms with E-state index in [4.69, 9.17) is 0 Å². The molecule has 0 aliphatic heterocycles. The van der Waals surface area contributed by atoms with Crippen LogP contribution in [0.25, 0.3) is 0 Å². The first-order chi connectivity index (χ1) is 7.30. The molecule has 0 saturated heterocycles. The number of benzene rings is 1. The molecule has 0 aliphatic carbocycles. The van der Waals surface area contributed by atoms with Crippen molar-refractivity contribution in [3.63, 3.8) is 0 Å². The van der Waals surface area contributed by atoms with Crippen molar-refractivity contribution in [2.75, 3.05) is 0 Å². The Morgan fingerprint density at radius 1 is 1.38 bits per heavy atom. The monoisotopic (exact) mass is 223 g/mol. The number of aryl methyl sites for hydroxylation is 1. The van der Waals surface area contributed by atoms with Gasteiger partial charge in [-0.25, -0.2) is 4.39 Å². The first kappa shape index (κ1) is 12.7. The number of hydrogen-bond donors (Lipinski definition) is 1. The predicted octanol–water partition coefficient (Wildman–Crippen LogP) is 2.80. The summed E-state index contributed by atoms with van der Waals surface area (Å²) in [6.07, 6.45) is 0. The Hall–Kier alpha value is -1.38. The van der Waals surface area contributed by atoms with Gasteiger partial charge in [-0.15, -0.1) is 0 Å². The van der Waals surface area contributed by atoms with E-state index >= 15 is 0 Å². The van der Waals surface area contributed by atoms with Crippen LogP contribution in [0, 0.1) is 18.2 Å². The molecule has 0 fully saturated rings. The van der Waals surface area contributed by atoms with Crippen LogP contribution in [0.3, 0.4) is 0 Å². The second-order valence-corrected chi connectivity index (χ2v) is 5.02. The highest BCUT2D eigenvalue weighted by Gasteiger charge is 2.20. The minimum atomic E-state index is -0.394. The lowest BCUT2D eigenvalue weighted by molar-refractivity contribution is -0.128. The van der Waals surface area contributed by atoms with E-state index in [0.29, 0.717) is 12.1 Å². The van der Waals surface area contributed by atoms with Gasteiger partial charge in [-0.3, -0.25) is 4.79 Å². The largest absolute Gasteiger partial charge is 0.352 e. The van der Waals surface area contributed by atoms with E-state index in [1.165, 1.54) is 6.07 Å². The number of halogens is 1. The third kappa shape index (κ3) is 3.33. The zero-order valence-electron chi connectivity index (χ0n) is 10.2. The molecule has 0 atom stereocenters. The van der Waals surface area contributed by atoms with Crippen molar-refractivity contribution in [2.24, 2.45) is 5.41 Å². The van der Waals surface area contributed by atoms with Crippen LogP contribution < -0.4 is 5.32 Å². The summed E-state index contributed by atoms with van der Waals surface area (Å²) in [5.41, 5.74) is 1.12. The molecule has 0 spiro atoms. The van der Waals surface area contributed by atoms with Crippen LogP contribution in [0.15, 0.2) is 18.2 Å². The highest BCUT2D eigenvalue weighted by Crippen LogP contribution is 2.13. The molecule has 0 heterocycles. The Balaban J connectivity index is 2.62. The van der Waals surface area contributed by atoms with Gasteiger partial charge >= 0.3 is 0 Å². The molecule has 0 unspecified atom stereocenters. The first-order valence-electron chi connectivity index (χ1n) is 5.34. The Morgan fingerprint density at radius 2 is 2.00 bits per heavy atom. The summed E-state index contributed by atoms with van der Waals surface area (Å²) in [7, 11) is 0. The molecule has 1 N–H and O–H groups in total. The van der Waals surface area contributed by atoms with E-state index in [1.54, 1.807) is 19.1 Å². The zero-order valence-corrected chi connectivity index (χ0v) is 10.2. The summed E-state index contributed by atoms with van der Waals surface area (Å²) in [5.74, 6) is -0.222. The molecular formula is C13H18FNO. The average molecular weight is 223 g/mol. The molecule has 2 nitrogen and oxygen atoms in total. The normalized spacial score (nSPS) is 11.3. The van der Waals surface area contributed by atoms with E-state index in [1.807, 2.05) is 20.8 Å². The molecule has 16 heavy (non-hydrogen) atoms. The van der Waals surface area contributed by atoms with Crippen LogP contribution in [0.2, 0.25) is 0 Å². The minimum absolute atomic E-state index is 0.00511. The molecule has 88 valence electrons. The van der Waals surface area contributed by atoms with Crippen LogP contribution in [-0.2, 0) is 11.3 Å². The smallest absolute Gasteiger partial charge is 0.225 e. The molecule has 0 radical (unpaired) electrons. The summed E-state index contributed by atoms with van der Waals surface area (Å²) in [6, 6.07) is 4.86. The number of carbonyl (C=O) groups excluding carboxylic acids is 1. The zero-order chi connectivity index (χ0) is 12.3. The lowest BCUT2D eigenvalue weighted by Crippen LogP contribution is -2.34. The quantitative estimate of drug-likeness (QED) is 0.820. The molecule has 1 amide bonds. The summed E-state index contributed by atoms with van der Waals surface area (Å²) >= 11 is 0. The van der Waals surface area contributed by atoms with E-state index in [0.717, 1.165) is 5.56 Å². The molecule has 3 heteroatoms. The summed E-state index contributed by atoms with van der Waals surface area (Å²) < 4.78 is 13.0. The third-order valence-corrected chi connectivity index (χ3v) is 2.36. The molecule has 0 saturated carbocycles. The van der Waals surface area contributed by atoms with Crippen LogP contribution in [0.4, 0.5) is 4.39 Å². The topological polar surface area (TPSA) is 29.1 Å². The highest BCUT2D eigenvalue weighted by molar-refractivity contribution is 5.81. The molecule has 0 aromatic heterocycles. The second-order valence-electron chi connectivity index (χ2n) is 5.02. The summed E-state index contributed by atoms with van der Waals surface area (Å²) in [5, 5.41) is 2.82. The third-order valence-electron chi connectivity index (χ3n) is 2.36. The van der Waals surface area contributed by atoms with Gasteiger partial charge in [0.15, 0.2) is 0 Å². The van der Waals surface area contributed by atoms with Crippen molar-refractivity contribution >= 4 is 5.91 Å². The highest BCUT2D eigenvalue weighted by atomic mass is 19.1. The average Bonchev–Trinajstić information content (AvgIpc) is 2.18. The van der Waals surface area contributed by atoms with Crippen molar-refractivity contribution in [3.8, 4) is 0 Å². The van der Waals surface area contributed by atoms with Gasteiger partial charge in [-0.05, 0) is 24.1 Å². The van der Waals surface area contributed by atoms with Crippen molar-refractivity contribution in [3.05, 3.63) is 35.1 Å². The molecule has 1 rings (SSSR count). The number of hydrogen-bond acceptors (Lipinski definition) is 1. The van der Waals surface area contributed by atoms with Gasteiger partial charge in [-0.1, -0.05) is 32.9 Å². The Morgan fingerprint density at radius 3 is 2.50 bits per heavy atom. The number of nitrogens with one attached hydrogen (secondary N) is 1. The maximum absolute atomic E-state index is 13.0. The van der Waals surface area contributed by atoms with Crippen molar-refractivity contribution in [2.45, 2.75) is 34.2 Å². The maximum atomic E-state index is 13.0. The van der Waals surface area contributed by atoms with Crippen molar-refractivity contribution in [1.29, 1.82) is 0 Å². The van der Waals surface area contributed by atoms with E-state index in [9.17, 15) is 9.18 Å². The molecule has 0 bridgehead atoms. The SMILES string of the molecule is Cc1cc(CNC(=O)C(C)(C)C)ccc1F. The van der Waals surface area contributed by atoms with Crippen LogP contribution in [0.5, 0.6) is 0 Å². The number of rotatable bonds is 2. The van der Waals surface area contributed by atoms with Crippen molar-refractivity contribution in [1.82, 2.24) is 5.32 Å². The van der Waals surface area contributed by atoms with Crippen molar-refractivity contribution < 1.29 is 9.18 Å². The van der Waals surface area contributed by atoms with Gasteiger partial charge in [0.1, 0.15) is 5.82 Å². The van der Waals surface area contributed by atoms with E-state index in [-0.39, 0.29) is 11.7 Å². The number of carbonyl (C=O) groups is 1. The standard InChI is InChI=1S/C13H18FNO/c1-9-7-10(5-6-11(9)14)8-15-12(16)13(2,3)4/h5-7H,8H2,1-4H3,(H,15,16). The fourth-order valence-corrected chi connectivity index (χ4v) is 1.26. The molecular weight excluding hydrogens is 205 g/mol. The molecule has 1 aromatic carbocycles. The molecule has 0 aliphatic rings. The number of amides is 1. The van der Waals surface area contributed by atoms with Gasteiger partial charge in [0, 0.05) is 12.0 Å². The first-order valence-corrected chi connectivity index (χ1v) is 5.34. The van der Waals surface area contributed by atoms with E-state index in [2.05, 4.69) is 5.32 Å². The lowest BCUT2D eigenvalue weighted by atomic mass is 9.95.